The largest absolute Gasteiger partial charge is 0.411 e. The molecule has 0 saturated heterocycles. The molecule has 0 saturated carbocycles. The minimum absolute atomic E-state index is 0.553. The second kappa shape index (κ2) is 13.9. The molecule has 164 valence electrons. The van der Waals surface area contributed by atoms with E-state index in [1.54, 1.807) is 0 Å². The van der Waals surface area contributed by atoms with Gasteiger partial charge in [0.15, 0.2) is 0 Å². The van der Waals surface area contributed by atoms with Crippen LogP contribution in [-0.4, -0.2) is 46.4 Å². The van der Waals surface area contributed by atoms with Crippen LogP contribution in [0.3, 0.4) is 0 Å². The van der Waals surface area contributed by atoms with Crippen LogP contribution in [0.2, 0.25) is 0 Å². The fourth-order valence-corrected chi connectivity index (χ4v) is 3.25. The first-order valence-electron chi connectivity index (χ1n) is 10.9. The molecule has 31 heavy (non-hydrogen) atoms. The zero-order chi connectivity index (χ0) is 22.3. The molecule has 0 unspecified atom stereocenters. The van der Waals surface area contributed by atoms with E-state index in [2.05, 4.69) is 10.3 Å². The summed E-state index contributed by atoms with van der Waals surface area (Å²) in [5.41, 5.74) is 4.52. The van der Waals surface area contributed by atoms with E-state index in [9.17, 15) is 10.4 Å². The Hall–Kier alpha value is -3.28. The predicted molar refractivity (Wildman–Crippen MR) is 129 cm³/mol. The molecular weight excluding hydrogens is 388 g/mol. The molecule has 0 fully saturated rings. The lowest BCUT2D eigenvalue weighted by atomic mass is 10.0. The molecule has 2 N–H and O–H groups in total. The van der Waals surface area contributed by atoms with E-state index in [4.69, 9.17) is 9.98 Å². The van der Waals surface area contributed by atoms with Crippen molar-refractivity contribution in [3.63, 3.8) is 0 Å². The second-order valence-corrected chi connectivity index (χ2v) is 7.14. The first kappa shape index (κ1) is 24.0. The highest BCUT2D eigenvalue weighted by atomic mass is 16.4. The lowest BCUT2D eigenvalue weighted by Gasteiger charge is -2.10. The third kappa shape index (κ3) is 7.48. The van der Waals surface area contributed by atoms with Crippen molar-refractivity contribution in [3.8, 4) is 0 Å². The quantitative estimate of drug-likeness (QED) is 0.202. The molecule has 6 heteroatoms. The van der Waals surface area contributed by atoms with Crippen LogP contribution in [0.25, 0.3) is 0 Å². The van der Waals surface area contributed by atoms with Gasteiger partial charge in [-0.2, -0.15) is 0 Å². The van der Waals surface area contributed by atoms with Gasteiger partial charge in [-0.15, -0.1) is 0 Å². The summed E-state index contributed by atoms with van der Waals surface area (Å²) in [5.74, 6) is 0. The van der Waals surface area contributed by atoms with E-state index in [0.29, 0.717) is 37.4 Å². The Labute approximate surface area is 184 Å². The van der Waals surface area contributed by atoms with E-state index in [0.717, 1.165) is 41.8 Å². The molecule has 0 aromatic heterocycles. The highest BCUT2D eigenvalue weighted by Crippen LogP contribution is 2.09. The molecule has 0 bridgehead atoms. The van der Waals surface area contributed by atoms with Gasteiger partial charge in [0.05, 0.1) is 11.4 Å². The van der Waals surface area contributed by atoms with Gasteiger partial charge < -0.3 is 10.4 Å². The highest BCUT2D eigenvalue weighted by Gasteiger charge is 2.13. The lowest BCUT2D eigenvalue weighted by Crippen LogP contribution is -2.17. The molecule has 0 atom stereocenters. The normalized spacial score (nSPS) is 13.5. The van der Waals surface area contributed by atoms with Gasteiger partial charge >= 0.3 is 0 Å². The van der Waals surface area contributed by atoms with E-state index in [-0.39, 0.29) is 0 Å². The van der Waals surface area contributed by atoms with E-state index in [1.807, 2.05) is 74.5 Å². The van der Waals surface area contributed by atoms with E-state index in [1.165, 1.54) is 0 Å². The van der Waals surface area contributed by atoms with Crippen LogP contribution in [0.15, 0.2) is 81.0 Å². The maximum atomic E-state index is 9.48. The van der Waals surface area contributed by atoms with Crippen LogP contribution >= 0.6 is 0 Å². The molecule has 0 aliphatic carbocycles. The van der Waals surface area contributed by atoms with Crippen LogP contribution in [0.1, 0.15) is 57.1 Å². The first-order chi connectivity index (χ1) is 15.2. The van der Waals surface area contributed by atoms with Crippen molar-refractivity contribution in [2.24, 2.45) is 20.3 Å². The molecule has 6 nitrogen and oxygen atoms in total. The third-order valence-corrected chi connectivity index (χ3v) is 4.71. The maximum absolute atomic E-state index is 9.48. The van der Waals surface area contributed by atoms with Crippen molar-refractivity contribution in [1.82, 2.24) is 0 Å². The number of rotatable bonds is 12. The Morgan fingerprint density at radius 3 is 1.35 bits per heavy atom. The number of oxime groups is 2. The van der Waals surface area contributed by atoms with Crippen molar-refractivity contribution >= 4 is 22.8 Å². The minimum atomic E-state index is 0.553. The van der Waals surface area contributed by atoms with Gasteiger partial charge in [0.25, 0.3) is 0 Å². The van der Waals surface area contributed by atoms with Crippen LogP contribution in [0, 0.1) is 0 Å². The fourth-order valence-electron chi connectivity index (χ4n) is 3.25. The number of aliphatic imine (C=N–C) groups is 2. The van der Waals surface area contributed by atoms with E-state index >= 15 is 0 Å². The second-order valence-electron chi connectivity index (χ2n) is 7.14. The summed E-state index contributed by atoms with van der Waals surface area (Å²) in [6, 6.07) is 19.6. The molecule has 0 radical (unpaired) electrons. The van der Waals surface area contributed by atoms with Crippen molar-refractivity contribution in [3.05, 3.63) is 71.8 Å². The summed E-state index contributed by atoms with van der Waals surface area (Å²) in [6.07, 6.45) is 3.79. The summed E-state index contributed by atoms with van der Waals surface area (Å²) >= 11 is 0. The Morgan fingerprint density at radius 2 is 1.03 bits per heavy atom. The summed E-state index contributed by atoms with van der Waals surface area (Å²) in [6.45, 7) is 5.20. The Bertz CT molecular complexity index is 828. The molecule has 0 spiro atoms. The van der Waals surface area contributed by atoms with Gasteiger partial charge in [0.1, 0.15) is 11.4 Å². The van der Waals surface area contributed by atoms with Crippen molar-refractivity contribution in [2.45, 2.75) is 46.0 Å². The zero-order valence-corrected chi connectivity index (χ0v) is 18.4. The smallest absolute Gasteiger partial charge is 0.105 e. The van der Waals surface area contributed by atoms with Gasteiger partial charge in [-0.1, -0.05) is 97.7 Å². The van der Waals surface area contributed by atoms with Gasteiger partial charge in [-0.05, 0) is 19.3 Å². The van der Waals surface area contributed by atoms with Crippen molar-refractivity contribution in [1.29, 1.82) is 0 Å². The molecule has 0 heterocycles. The van der Waals surface area contributed by atoms with Crippen LogP contribution in [0.4, 0.5) is 0 Å². The third-order valence-electron chi connectivity index (χ3n) is 4.71. The van der Waals surface area contributed by atoms with Crippen LogP contribution < -0.4 is 0 Å². The van der Waals surface area contributed by atoms with Gasteiger partial charge in [-0.3, -0.25) is 9.98 Å². The number of hydrogen-bond acceptors (Lipinski definition) is 6. The first-order valence-corrected chi connectivity index (χ1v) is 10.9. The van der Waals surface area contributed by atoms with Crippen molar-refractivity contribution in [2.75, 3.05) is 13.1 Å². The molecule has 0 aliphatic rings. The average Bonchev–Trinajstić information content (AvgIpc) is 2.82. The Morgan fingerprint density at radius 1 is 0.645 bits per heavy atom. The minimum Gasteiger partial charge on any atom is -0.411 e. The van der Waals surface area contributed by atoms with Gasteiger partial charge in [0, 0.05) is 24.2 Å². The summed E-state index contributed by atoms with van der Waals surface area (Å²) in [5, 5.41) is 25.9. The topological polar surface area (TPSA) is 89.9 Å². The van der Waals surface area contributed by atoms with Gasteiger partial charge in [-0.25, -0.2) is 0 Å². The highest BCUT2D eigenvalue weighted by molar-refractivity contribution is 6.48. The summed E-state index contributed by atoms with van der Waals surface area (Å²) in [4.78, 5) is 9.46. The summed E-state index contributed by atoms with van der Waals surface area (Å²) in [7, 11) is 0. The Kier molecular flexibility index (Phi) is 10.7. The SMILES string of the molecule is CCC/C(=N/O)C(=NCCCN=C(/C(CCC)=N\O)c1ccccc1)c1ccccc1. The zero-order valence-electron chi connectivity index (χ0n) is 18.4. The number of nitrogens with zero attached hydrogens (tertiary/aromatic N) is 4. The van der Waals surface area contributed by atoms with Crippen LogP contribution in [-0.2, 0) is 0 Å². The van der Waals surface area contributed by atoms with Crippen LogP contribution in [0.5, 0.6) is 0 Å². The standard InChI is InChI=1S/C25H32N4O2/c1-3-12-22(28-30)24(20-14-7-5-8-15-20)26-18-11-19-27-25(23(29-31)13-4-2)21-16-9-6-10-17-21/h5-10,14-17,30-31H,3-4,11-13,18-19H2,1-2H3/b26-24?,27-25?,28-22-,29-23-. The number of benzene rings is 2. The molecule has 0 aliphatic heterocycles. The molecule has 2 aromatic carbocycles. The molecule has 2 aromatic rings. The summed E-state index contributed by atoms with van der Waals surface area (Å²) < 4.78 is 0. The lowest BCUT2D eigenvalue weighted by molar-refractivity contribution is 0.318. The fraction of sp³-hybridized carbons (Fsp3) is 0.360. The van der Waals surface area contributed by atoms with E-state index < -0.39 is 0 Å². The molecule has 0 amide bonds. The van der Waals surface area contributed by atoms with Crippen molar-refractivity contribution < 1.29 is 10.4 Å². The number of hydrogen-bond donors (Lipinski definition) is 2. The monoisotopic (exact) mass is 420 g/mol. The average molecular weight is 421 g/mol. The molecular formula is C25H32N4O2. The maximum Gasteiger partial charge on any atom is 0.105 e. The van der Waals surface area contributed by atoms with Gasteiger partial charge in [0.2, 0.25) is 0 Å². The Balaban J connectivity index is 2.17. The molecule has 2 rings (SSSR count). The predicted octanol–water partition coefficient (Wildman–Crippen LogP) is 5.62.